The summed E-state index contributed by atoms with van der Waals surface area (Å²) in [7, 11) is 0. The molecule has 4 aromatic rings. The molecule has 5 nitrogen and oxygen atoms in total. The highest BCUT2D eigenvalue weighted by atomic mass is 35.5. The van der Waals surface area contributed by atoms with E-state index in [1.165, 1.54) is 23.8 Å². The molecule has 0 spiro atoms. The molecular weight excluding hydrogens is 510 g/mol. The van der Waals surface area contributed by atoms with Crippen molar-refractivity contribution >= 4 is 17.5 Å². The van der Waals surface area contributed by atoms with Crippen LogP contribution < -0.4 is 10.6 Å². The SMILES string of the molecule is CCc1cccc(CNC[C@H](O)[C@H](Cc2cc(F)cc(F)c2)NC(=O)c2ccc(-c3ccc(Cl)cc3)o2)c1. The second-order valence-electron chi connectivity index (χ2n) is 9.10. The van der Waals surface area contributed by atoms with Crippen LogP contribution in [0.25, 0.3) is 11.3 Å². The summed E-state index contributed by atoms with van der Waals surface area (Å²) in [6, 6.07) is 20.6. The minimum absolute atomic E-state index is 0.0132. The Balaban J connectivity index is 1.46. The lowest BCUT2D eigenvalue weighted by Crippen LogP contribution is -2.48. The Morgan fingerprint density at radius 3 is 2.37 bits per heavy atom. The second-order valence-corrected chi connectivity index (χ2v) is 9.54. The van der Waals surface area contributed by atoms with Crippen LogP contribution in [0.4, 0.5) is 8.78 Å². The van der Waals surface area contributed by atoms with E-state index in [1.54, 1.807) is 30.3 Å². The number of aryl methyl sites for hydroxylation is 1. The zero-order valence-electron chi connectivity index (χ0n) is 20.9. The van der Waals surface area contributed by atoms with E-state index in [0.717, 1.165) is 23.6 Å². The Bertz CT molecular complexity index is 1350. The highest BCUT2D eigenvalue weighted by molar-refractivity contribution is 6.30. The van der Waals surface area contributed by atoms with Crippen molar-refractivity contribution in [3.05, 3.63) is 118 Å². The van der Waals surface area contributed by atoms with Crippen LogP contribution in [0.3, 0.4) is 0 Å². The van der Waals surface area contributed by atoms with Crippen molar-refractivity contribution in [1.29, 1.82) is 0 Å². The van der Waals surface area contributed by atoms with Gasteiger partial charge >= 0.3 is 0 Å². The lowest BCUT2D eigenvalue weighted by atomic mass is 10.00. The molecule has 1 amide bonds. The van der Waals surface area contributed by atoms with E-state index in [-0.39, 0.29) is 18.7 Å². The molecule has 1 heterocycles. The first kappa shape index (κ1) is 27.5. The van der Waals surface area contributed by atoms with Crippen LogP contribution in [0, 0.1) is 11.6 Å². The van der Waals surface area contributed by atoms with Gasteiger partial charge in [-0.25, -0.2) is 8.78 Å². The summed E-state index contributed by atoms with van der Waals surface area (Å²) in [5.74, 6) is -1.49. The van der Waals surface area contributed by atoms with Crippen molar-refractivity contribution in [2.45, 2.75) is 38.5 Å². The third-order valence-electron chi connectivity index (χ3n) is 6.20. The predicted octanol–water partition coefficient (Wildman–Crippen LogP) is 5.93. The van der Waals surface area contributed by atoms with Crippen molar-refractivity contribution < 1.29 is 23.1 Å². The first-order valence-corrected chi connectivity index (χ1v) is 12.8. The van der Waals surface area contributed by atoms with E-state index in [2.05, 4.69) is 29.7 Å². The molecule has 8 heteroatoms. The van der Waals surface area contributed by atoms with Crippen LogP contribution >= 0.6 is 11.6 Å². The highest BCUT2D eigenvalue weighted by Crippen LogP contribution is 2.24. The van der Waals surface area contributed by atoms with Crippen LogP contribution in [0.5, 0.6) is 0 Å². The monoisotopic (exact) mass is 538 g/mol. The molecule has 0 bridgehead atoms. The van der Waals surface area contributed by atoms with Gasteiger partial charge in [-0.2, -0.15) is 0 Å². The predicted molar refractivity (Wildman–Crippen MR) is 144 cm³/mol. The molecule has 0 unspecified atom stereocenters. The number of hydrogen-bond donors (Lipinski definition) is 3. The van der Waals surface area contributed by atoms with Gasteiger partial charge in [-0.1, -0.05) is 42.8 Å². The van der Waals surface area contributed by atoms with Gasteiger partial charge in [-0.15, -0.1) is 0 Å². The zero-order valence-corrected chi connectivity index (χ0v) is 21.6. The van der Waals surface area contributed by atoms with Crippen LogP contribution in [0.15, 0.2) is 83.3 Å². The quantitative estimate of drug-likeness (QED) is 0.221. The van der Waals surface area contributed by atoms with Gasteiger partial charge in [0.2, 0.25) is 0 Å². The lowest BCUT2D eigenvalue weighted by Gasteiger charge is -2.24. The average Bonchev–Trinajstić information content (AvgIpc) is 3.39. The van der Waals surface area contributed by atoms with E-state index in [1.807, 2.05) is 12.1 Å². The second kappa shape index (κ2) is 12.8. The van der Waals surface area contributed by atoms with Crippen LogP contribution in [0.2, 0.25) is 5.02 Å². The molecule has 4 rings (SSSR count). The van der Waals surface area contributed by atoms with Gasteiger partial charge in [-0.05, 0) is 78.1 Å². The zero-order chi connectivity index (χ0) is 27.1. The fraction of sp³-hybridized carbons (Fsp3) is 0.233. The Hall–Kier alpha value is -3.52. The standard InChI is InChI=1S/C30H29ClF2N2O3/c1-2-19-4-3-5-20(12-19)17-34-18-27(36)26(15-21-13-24(32)16-25(33)14-21)35-30(37)29-11-10-28(38-29)22-6-8-23(31)9-7-22/h3-14,16,26-27,34,36H,2,15,17-18H2,1H3,(H,35,37)/t26-,27-/m0/s1. The maximum absolute atomic E-state index is 13.8. The third kappa shape index (κ3) is 7.51. The molecule has 0 aliphatic heterocycles. The summed E-state index contributed by atoms with van der Waals surface area (Å²) in [6.45, 7) is 2.74. The number of furan rings is 1. The summed E-state index contributed by atoms with van der Waals surface area (Å²) in [6.07, 6.45) is -0.119. The molecule has 3 N–H and O–H groups in total. The number of halogens is 3. The maximum atomic E-state index is 13.8. The number of amides is 1. The first-order chi connectivity index (χ1) is 18.3. The minimum atomic E-state index is -1.05. The molecule has 0 aliphatic rings. The van der Waals surface area contributed by atoms with Gasteiger partial charge < -0.3 is 20.2 Å². The molecule has 0 radical (unpaired) electrons. The van der Waals surface area contributed by atoms with Crippen molar-refractivity contribution in [1.82, 2.24) is 10.6 Å². The molecule has 3 aromatic carbocycles. The van der Waals surface area contributed by atoms with Crippen molar-refractivity contribution in [2.75, 3.05) is 6.54 Å². The summed E-state index contributed by atoms with van der Waals surface area (Å²) >= 11 is 5.94. The summed E-state index contributed by atoms with van der Waals surface area (Å²) in [5.41, 5.74) is 3.33. The Kier molecular flexibility index (Phi) is 9.29. The van der Waals surface area contributed by atoms with Crippen molar-refractivity contribution in [3.63, 3.8) is 0 Å². The number of benzene rings is 3. The number of carbonyl (C=O) groups is 1. The van der Waals surface area contributed by atoms with E-state index in [4.69, 9.17) is 16.0 Å². The smallest absolute Gasteiger partial charge is 0.287 e. The van der Waals surface area contributed by atoms with Crippen LogP contribution in [0.1, 0.15) is 34.2 Å². The summed E-state index contributed by atoms with van der Waals surface area (Å²) in [5, 5.41) is 17.5. The van der Waals surface area contributed by atoms with Crippen molar-refractivity contribution in [3.8, 4) is 11.3 Å². The van der Waals surface area contributed by atoms with E-state index in [0.29, 0.717) is 22.9 Å². The van der Waals surface area contributed by atoms with Crippen LogP contribution in [-0.2, 0) is 19.4 Å². The Labute approximate surface area is 225 Å². The Morgan fingerprint density at radius 1 is 0.947 bits per heavy atom. The topological polar surface area (TPSA) is 74.5 Å². The molecular formula is C30H29ClF2N2O3. The minimum Gasteiger partial charge on any atom is -0.451 e. The van der Waals surface area contributed by atoms with E-state index >= 15 is 0 Å². The summed E-state index contributed by atoms with van der Waals surface area (Å²) < 4.78 is 33.4. The Morgan fingerprint density at radius 2 is 1.66 bits per heavy atom. The first-order valence-electron chi connectivity index (χ1n) is 12.4. The van der Waals surface area contributed by atoms with Crippen molar-refractivity contribution in [2.24, 2.45) is 0 Å². The van der Waals surface area contributed by atoms with E-state index in [9.17, 15) is 18.7 Å². The number of nitrogens with one attached hydrogen (secondary N) is 2. The maximum Gasteiger partial charge on any atom is 0.287 e. The van der Waals surface area contributed by atoms with Gasteiger partial charge in [0.1, 0.15) is 17.4 Å². The molecule has 1 aromatic heterocycles. The van der Waals surface area contributed by atoms with Gasteiger partial charge in [-0.3, -0.25) is 4.79 Å². The molecule has 2 atom stereocenters. The molecule has 0 saturated carbocycles. The number of aliphatic hydroxyl groups is 1. The highest BCUT2D eigenvalue weighted by Gasteiger charge is 2.24. The lowest BCUT2D eigenvalue weighted by molar-refractivity contribution is 0.0805. The molecule has 0 saturated heterocycles. The fourth-order valence-corrected chi connectivity index (χ4v) is 4.33. The summed E-state index contributed by atoms with van der Waals surface area (Å²) in [4.78, 5) is 13.0. The van der Waals surface area contributed by atoms with Gasteiger partial charge in [0.25, 0.3) is 5.91 Å². The molecule has 198 valence electrons. The number of aliphatic hydroxyl groups excluding tert-OH is 1. The number of hydrogen-bond acceptors (Lipinski definition) is 4. The van der Waals surface area contributed by atoms with Gasteiger partial charge in [0.05, 0.1) is 12.1 Å². The average molecular weight is 539 g/mol. The number of rotatable bonds is 11. The van der Waals surface area contributed by atoms with E-state index < -0.39 is 29.7 Å². The largest absolute Gasteiger partial charge is 0.451 e. The van der Waals surface area contributed by atoms with Gasteiger partial charge in [0.15, 0.2) is 5.76 Å². The van der Waals surface area contributed by atoms with Gasteiger partial charge in [0, 0.05) is 29.7 Å². The third-order valence-corrected chi connectivity index (χ3v) is 6.45. The fourth-order valence-electron chi connectivity index (χ4n) is 4.20. The normalized spacial score (nSPS) is 12.8. The molecule has 0 fully saturated rings. The number of carbonyl (C=O) groups excluding carboxylic acids is 1. The van der Waals surface area contributed by atoms with Crippen LogP contribution in [-0.4, -0.2) is 29.7 Å². The molecule has 0 aliphatic carbocycles. The molecule has 38 heavy (non-hydrogen) atoms.